The van der Waals surface area contributed by atoms with E-state index in [0.29, 0.717) is 59.7 Å². The first kappa shape index (κ1) is 38.6. The predicted octanol–water partition coefficient (Wildman–Crippen LogP) is 8.50. The van der Waals surface area contributed by atoms with Crippen LogP contribution in [0.15, 0.2) is 91.4 Å². The van der Waals surface area contributed by atoms with E-state index >= 15 is 0 Å². The summed E-state index contributed by atoms with van der Waals surface area (Å²) < 4.78 is 6.40. The summed E-state index contributed by atoms with van der Waals surface area (Å²) in [5.74, 6) is -0.603. The largest absolute Gasteiger partial charge is 0.489 e. The summed E-state index contributed by atoms with van der Waals surface area (Å²) in [4.78, 5) is 17.9. The third-order valence-electron chi connectivity index (χ3n) is 9.20. The first-order valence-electron chi connectivity index (χ1n) is 15.9. The fourth-order valence-electron chi connectivity index (χ4n) is 5.81. The molecular formula is C38H47Cl2N5O3. The van der Waals surface area contributed by atoms with Crippen molar-refractivity contribution in [3.63, 3.8) is 0 Å². The Hall–Kier alpha value is -3.87. The van der Waals surface area contributed by atoms with E-state index in [0.717, 1.165) is 23.1 Å². The van der Waals surface area contributed by atoms with Crippen molar-refractivity contribution in [3.05, 3.63) is 119 Å². The summed E-state index contributed by atoms with van der Waals surface area (Å²) in [5.41, 5.74) is 2.27. The molecule has 0 aliphatic carbocycles. The van der Waals surface area contributed by atoms with Crippen LogP contribution in [0.2, 0.25) is 5.02 Å². The Balaban J connectivity index is 2.08. The number of nitrogens with zero attached hydrogens (tertiary/aromatic N) is 5. The molecule has 0 bridgehead atoms. The van der Waals surface area contributed by atoms with Gasteiger partial charge in [-0.2, -0.15) is 5.26 Å². The first-order valence-corrected chi connectivity index (χ1v) is 16.7. The molecule has 1 aromatic heterocycles. The third-order valence-corrected chi connectivity index (χ3v) is 9.92. The van der Waals surface area contributed by atoms with E-state index in [1.54, 1.807) is 18.3 Å². The average Bonchev–Trinajstić information content (AvgIpc) is 3.53. The van der Waals surface area contributed by atoms with Crippen LogP contribution in [0.4, 0.5) is 0 Å². The van der Waals surface area contributed by atoms with E-state index in [9.17, 15) is 15.2 Å². The number of rotatable bonds is 17. The molecule has 1 N–H and O–H groups in total. The van der Waals surface area contributed by atoms with Crippen LogP contribution in [-0.2, 0) is 24.5 Å². The smallest absolute Gasteiger partial charge is 0.307 e. The molecule has 1 saturated heterocycles. The lowest BCUT2D eigenvalue weighted by Gasteiger charge is -2.53. The van der Waals surface area contributed by atoms with Crippen LogP contribution in [0.3, 0.4) is 0 Å². The first-order chi connectivity index (χ1) is 22.7. The summed E-state index contributed by atoms with van der Waals surface area (Å²) in [6.07, 6.45) is 14.3. The van der Waals surface area contributed by atoms with Gasteiger partial charge in [-0.25, -0.2) is 5.01 Å². The molecule has 1 aliphatic rings. The lowest BCUT2D eigenvalue weighted by Crippen LogP contribution is -2.59. The maximum absolute atomic E-state index is 11.6. The van der Waals surface area contributed by atoms with E-state index in [1.807, 2.05) is 36.3 Å². The van der Waals surface area contributed by atoms with Crippen LogP contribution in [0, 0.1) is 22.7 Å². The van der Waals surface area contributed by atoms with E-state index in [4.69, 9.17) is 27.9 Å². The maximum atomic E-state index is 11.6. The molecule has 2 atom stereocenters. The lowest BCUT2D eigenvalue weighted by molar-refractivity contribution is -0.141. The Bertz CT molecular complexity index is 1610. The van der Waals surface area contributed by atoms with Crippen LogP contribution in [-0.4, -0.2) is 56.7 Å². The molecule has 2 heterocycles. The number of halogens is 2. The van der Waals surface area contributed by atoms with Crippen molar-refractivity contribution >= 4 is 29.2 Å². The molecule has 1 aliphatic heterocycles. The molecule has 3 rings (SSSR count). The fourth-order valence-corrected chi connectivity index (χ4v) is 6.42. The number of hydrazine groups is 1. The highest BCUT2D eigenvalue weighted by atomic mass is 35.5. The van der Waals surface area contributed by atoms with Crippen molar-refractivity contribution in [2.45, 2.75) is 65.8 Å². The number of carboxylic acid groups (broad SMARTS) is 1. The number of benzene rings is 1. The Morgan fingerprint density at radius 3 is 2.58 bits per heavy atom. The molecule has 0 radical (unpaired) electrons. The molecule has 0 amide bonds. The van der Waals surface area contributed by atoms with Gasteiger partial charge in [0.05, 0.1) is 23.6 Å². The van der Waals surface area contributed by atoms with E-state index in [2.05, 4.69) is 80.5 Å². The zero-order valence-electron chi connectivity index (χ0n) is 28.7. The number of pyridine rings is 1. The van der Waals surface area contributed by atoms with Crippen LogP contribution >= 0.6 is 23.2 Å². The van der Waals surface area contributed by atoms with E-state index < -0.39 is 22.8 Å². The van der Waals surface area contributed by atoms with Crippen LogP contribution in [0.5, 0.6) is 5.75 Å². The number of aromatic nitrogens is 1. The van der Waals surface area contributed by atoms with Crippen molar-refractivity contribution < 1.29 is 14.6 Å². The molecule has 8 nitrogen and oxygen atoms in total. The van der Waals surface area contributed by atoms with Gasteiger partial charge in [0.15, 0.2) is 0 Å². The van der Waals surface area contributed by atoms with Gasteiger partial charge in [0.1, 0.15) is 18.4 Å². The summed E-state index contributed by atoms with van der Waals surface area (Å²) >= 11 is 13.9. The number of carboxylic acids is 1. The molecular weight excluding hydrogens is 645 g/mol. The van der Waals surface area contributed by atoms with Crippen molar-refractivity contribution in [1.29, 1.82) is 5.26 Å². The maximum Gasteiger partial charge on any atom is 0.307 e. The molecule has 1 aromatic carbocycles. The zero-order valence-corrected chi connectivity index (χ0v) is 30.2. The summed E-state index contributed by atoms with van der Waals surface area (Å²) in [7, 11) is 1.96. The molecule has 1 unspecified atom stereocenters. The molecule has 48 heavy (non-hydrogen) atoms. The lowest BCUT2D eigenvalue weighted by atomic mass is 9.72. The third kappa shape index (κ3) is 9.18. The normalized spacial score (nSPS) is 16.6. The van der Waals surface area contributed by atoms with Gasteiger partial charge in [0, 0.05) is 64.8 Å². The number of hydrogen-bond donors (Lipinski definition) is 1. The number of hydrogen-bond acceptors (Lipinski definition) is 7. The zero-order chi connectivity index (χ0) is 35.6. The molecule has 1 fully saturated rings. The van der Waals surface area contributed by atoms with Crippen molar-refractivity contribution in [2.24, 2.45) is 11.3 Å². The van der Waals surface area contributed by atoms with E-state index in [1.165, 1.54) is 6.20 Å². The molecule has 0 saturated carbocycles. The van der Waals surface area contributed by atoms with Gasteiger partial charge in [-0.1, -0.05) is 88.0 Å². The highest BCUT2D eigenvalue weighted by molar-refractivity contribution is 6.31. The van der Waals surface area contributed by atoms with Gasteiger partial charge in [-0.15, -0.1) is 0 Å². The second-order valence-electron chi connectivity index (χ2n) is 12.8. The molecule has 2 aromatic rings. The highest BCUT2D eigenvalue weighted by Gasteiger charge is 2.47. The van der Waals surface area contributed by atoms with Crippen molar-refractivity contribution in [1.82, 2.24) is 19.9 Å². The molecule has 0 spiro atoms. The average molecular weight is 693 g/mol. The molecule has 256 valence electrons. The van der Waals surface area contributed by atoms with Gasteiger partial charge in [-0.3, -0.25) is 14.7 Å². The van der Waals surface area contributed by atoms with Gasteiger partial charge in [0.25, 0.3) is 0 Å². The van der Waals surface area contributed by atoms with Gasteiger partial charge < -0.3 is 14.9 Å². The standard InChI is InChI=1S/C38H47Cl2N5O3/c1-9-11-13-27(3)45(43(8)38(7,28(4)39)37(5,6)15-12-10-2)25-32-19-35(48-26-30-17-29(20-41)21-42-22-30)33(18-34(32)40)24-44-16-14-31(23-44)36(46)47/h9,11-13,15,17-19,21-22,31H,1,3-4,10,14,16,23-26H2,2,5-8H3,(H,46,47)/b13-11-,15-12-/t31-,38?/m1/s1. The van der Waals surface area contributed by atoms with Crippen LogP contribution in [0.25, 0.3) is 0 Å². The number of carbonyl (C=O) groups is 1. The van der Waals surface area contributed by atoms with Crippen molar-refractivity contribution in [2.75, 3.05) is 20.1 Å². The number of allylic oxidation sites excluding steroid dienone is 4. The van der Waals surface area contributed by atoms with Gasteiger partial charge in [0.2, 0.25) is 0 Å². The number of ether oxygens (including phenoxy) is 1. The topological polar surface area (TPSA) is 92.9 Å². The number of nitriles is 1. The minimum Gasteiger partial charge on any atom is -0.489 e. The highest BCUT2D eigenvalue weighted by Crippen LogP contribution is 2.45. The second-order valence-corrected chi connectivity index (χ2v) is 13.6. The monoisotopic (exact) mass is 691 g/mol. The van der Waals surface area contributed by atoms with Crippen LogP contribution in [0.1, 0.15) is 62.8 Å². The number of aliphatic carboxylic acids is 1. The number of likely N-dealkylation sites (N-methyl/N-ethyl adjacent to an activating group) is 1. The Morgan fingerprint density at radius 1 is 1.25 bits per heavy atom. The van der Waals surface area contributed by atoms with Gasteiger partial charge >= 0.3 is 5.97 Å². The van der Waals surface area contributed by atoms with Gasteiger partial charge in [-0.05, 0) is 56.1 Å². The fraction of sp³-hybridized carbons (Fsp3) is 0.395. The summed E-state index contributed by atoms with van der Waals surface area (Å²) in [6, 6.07) is 7.66. The minimum absolute atomic E-state index is 0.175. The summed E-state index contributed by atoms with van der Waals surface area (Å²) in [6.45, 7) is 22.8. The van der Waals surface area contributed by atoms with Crippen LogP contribution < -0.4 is 4.74 Å². The second kappa shape index (κ2) is 17.0. The van der Waals surface area contributed by atoms with E-state index in [-0.39, 0.29) is 6.61 Å². The predicted molar refractivity (Wildman–Crippen MR) is 194 cm³/mol. The Morgan fingerprint density at radius 2 is 1.98 bits per heavy atom. The number of likely N-dealkylation sites (tertiary alicyclic amines) is 1. The summed E-state index contributed by atoms with van der Waals surface area (Å²) in [5, 5.41) is 24.0. The molecule has 10 heteroatoms. The Kier molecular flexibility index (Phi) is 13.7. The SMILES string of the molecule is C=C/C=C\C(=C)N(Cc1cc(OCc2cncc(C#N)c2)c(CN2CC[C@@H](C(=O)O)C2)cc1Cl)N(C)C(C)(C(=C)Cl)C(C)(C)/C=C\CC. The minimum atomic E-state index is -0.790. The quantitative estimate of drug-likeness (QED) is 0.100. The van der Waals surface area contributed by atoms with Crippen molar-refractivity contribution in [3.8, 4) is 11.8 Å². The Labute approximate surface area is 295 Å².